The van der Waals surface area contributed by atoms with E-state index in [1.165, 1.54) is 13.2 Å². The van der Waals surface area contributed by atoms with Crippen molar-refractivity contribution in [2.24, 2.45) is 0 Å². The van der Waals surface area contributed by atoms with Crippen LogP contribution in [-0.4, -0.2) is 7.11 Å². The molecular formula is C14H10BrClFIO. The van der Waals surface area contributed by atoms with Crippen LogP contribution in [0.4, 0.5) is 4.39 Å². The standard InChI is InChI=1S/C14H10BrClFIO/c1-19-13-5-2-8(6-11(13)17)14(16)10-7-9(15)3-4-12(10)18/h2-7,14H,1H3. The van der Waals surface area contributed by atoms with Gasteiger partial charge in [-0.3, -0.25) is 0 Å². The molecule has 0 bridgehead atoms. The third kappa shape index (κ3) is 3.41. The smallest absolute Gasteiger partial charge is 0.165 e. The molecule has 0 aliphatic carbocycles. The quantitative estimate of drug-likeness (QED) is 0.437. The van der Waals surface area contributed by atoms with Gasteiger partial charge in [-0.1, -0.05) is 22.0 Å². The van der Waals surface area contributed by atoms with E-state index in [1.807, 2.05) is 18.2 Å². The lowest BCUT2D eigenvalue weighted by Crippen LogP contribution is -1.98. The lowest BCUT2D eigenvalue weighted by Gasteiger charge is -2.14. The van der Waals surface area contributed by atoms with Gasteiger partial charge < -0.3 is 4.74 Å². The maximum absolute atomic E-state index is 13.7. The van der Waals surface area contributed by atoms with Gasteiger partial charge >= 0.3 is 0 Å². The van der Waals surface area contributed by atoms with Crippen LogP contribution in [0.1, 0.15) is 16.5 Å². The molecule has 0 fully saturated rings. The van der Waals surface area contributed by atoms with Crippen LogP contribution in [0.3, 0.4) is 0 Å². The van der Waals surface area contributed by atoms with E-state index in [0.717, 1.165) is 13.6 Å². The van der Waals surface area contributed by atoms with Gasteiger partial charge in [0.05, 0.1) is 12.5 Å². The summed E-state index contributed by atoms with van der Waals surface area (Å²) in [5.41, 5.74) is 1.65. The van der Waals surface area contributed by atoms with E-state index in [4.69, 9.17) is 16.3 Å². The number of hydrogen-bond acceptors (Lipinski definition) is 1. The van der Waals surface area contributed by atoms with Crippen molar-refractivity contribution in [3.63, 3.8) is 0 Å². The molecule has 0 heterocycles. The van der Waals surface area contributed by atoms with Crippen molar-refractivity contribution in [3.8, 4) is 5.75 Å². The number of ether oxygens (including phenoxy) is 1. The summed E-state index contributed by atoms with van der Waals surface area (Å²) in [5, 5.41) is -0.398. The second-order valence-corrected chi connectivity index (χ2v) is 6.44. The Kier molecular flexibility index (Phi) is 5.09. The van der Waals surface area contributed by atoms with E-state index in [0.29, 0.717) is 5.56 Å². The summed E-state index contributed by atoms with van der Waals surface area (Å²) in [4.78, 5) is 0. The van der Waals surface area contributed by atoms with E-state index in [-0.39, 0.29) is 5.75 Å². The van der Waals surface area contributed by atoms with Crippen molar-refractivity contribution in [3.05, 3.63) is 61.4 Å². The third-order valence-electron chi connectivity index (χ3n) is 2.70. The number of rotatable bonds is 3. The zero-order valence-electron chi connectivity index (χ0n) is 9.96. The summed E-state index contributed by atoms with van der Waals surface area (Å²) >= 11 is 12.1. The molecule has 0 amide bonds. The lowest BCUT2D eigenvalue weighted by molar-refractivity contribution is 0.386. The van der Waals surface area contributed by atoms with E-state index in [1.54, 1.807) is 12.1 Å². The summed E-state index contributed by atoms with van der Waals surface area (Å²) in [6.45, 7) is 0. The molecule has 2 aromatic rings. The van der Waals surface area contributed by atoms with E-state index >= 15 is 0 Å². The topological polar surface area (TPSA) is 9.23 Å². The monoisotopic (exact) mass is 454 g/mol. The van der Waals surface area contributed by atoms with Crippen LogP contribution >= 0.6 is 50.1 Å². The molecule has 0 N–H and O–H groups in total. The minimum atomic E-state index is -0.407. The summed E-state index contributed by atoms with van der Waals surface area (Å²) in [6.07, 6.45) is 0. The first-order chi connectivity index (χ1) is 9.02. The molecule has 0 radical (unpaired) electrons. The summed E-state index contributed by atoms with van der Waals surface area (Å²) in [7, 11) is 1.44. The molecule has 1 nitrogen and oxygen atoms in total. The van der Waals surface area contributed by atoms with Gasteiger partial charge in [-0.05, 0) is 64.0 Å². The largest absolute Gasteiger partial charge is 0.494 e. The average molecular weight is 455 g/mol. The van der Waals surface area contributed by atoms with Gasteiger partial charge in [0.25, 0.3) is 0 Å². The fourth-order valence-electron chi connectivity index (χ4n) is 1.73. The van der Waals surface area contributed by atoms with Gasteiger partial charge in [0, 0.05) is 8.04 Å². The zero-order chi connectivity index (χ0) is 14.0. The van der Waals surface area contributed by atoms with Crippen molar-refractivity contribution in [1.82, 2.24) is 0 Å². The molecule has 1 atom stereocenters. The van der Waals surface area contributed by atoms with Crippen LogP contribution in [0.2, 0.25) is 0 Å². The van der Waals surface area contributed by atoms with Crippen LogP contribution in [0, 0.1) is 9.39 Å². The molecule has 0 aliphatic rings. The Hall–Kier alpha value is -0.330. The fraction of sp³-hybridized carbons (Fsp3) is 0.143. The van der Waals surface area contributed by atoms with Gasteiger partial charge in [-0.25, -0.2) is 4.39 Å². The number of benzene rings is 2. The fourth-order valence-corrected chi connectivity index (χ4v) is 3.25. The van der Waals surface area contributed by atoms with Gasteiger partial charge in [0.2, 0.25) is 0 Å². The maximum Gasteiger partial charge on any atom is 0.165 e. The molecule has 0 saturated carbocycles. The lowest BCUT2D eigenvalue weighted by atomic mass is 10.0. The Balaban J connectivity index is 2.41. The van der Waals surface area contributed by atoms with Crippen molar-refractivity contribution in [1.29, 1.82) is 0 Å². The van der Waals surface area contributed by atoms with Crippen molar-refractivity contribution < 1.29 is 9.13 Å². The van der Waals surface area contributed by atoms with Crippen molar-refractivity contribution in [2.45, 2.75) is 5.38 Å². The van der Waals surface area contributed by atoms with Crippen LogP contribution in [0.5, 0.6) is 5.75 Å². The highest BCUT2D eigenvalue weighted by Gasteiger charge is 2.16. The number of halogens is 4. The highest BCUT2D eigenvalue weighted by molar-refractivity contribution is 14.1. The molecule has 5 heteroatoms. The molecule has 2 rings (SSSR count). The first-order valence-electron chi connectivity index (χ1n) is 5.45. The SMILES string of the molecule is COc1ccc(C(Cl)c2cc(Br)ccc2I)cc1F. The van der Waals surface area contributed by atoms with E-state index < -0.39 is 11.2 Å². The molecule has 1 unspecified atom stereocenters. The van der Waals surface area contributed by atoms with E-state index in [2.05, 4.69) is 38.5 Å². The highest BCUT2D eigenvalue weighted by atomic mass is 127. The molecule has 100 valence electrons. The van der Waals surface area contributed by atoms with Crippen LogP contribution in [0.15, 0.2) is 40.9 Å². The van der Waals surface area contributed by atoms with Gasteiger partial charge in [-0.15, -0.1) is 11.6 Å². The Morgan fingerprint density at radius 2 is 2.00 bits per heavy atom. The number of methoxy groups -OCH3 is 1. The van der Waals surface area contributed by atoms with Crippen molar-refractivity contribution >= 4 is 50.1 Å². The molecule has 0 aromatic heterocycles. The summed E-state index contributed by atoms with van der Waals surface area (Å²) < 4.78 is 20.6. The normalized spacial score (nSPS) is 12.3. The second-order valence-electron chi connectivity index (χ2n) is 3.92. The summed E-state index contributed by atoms with van der Waals surface area (Å²) in [6, 6.07) is 10.6. The average Bonchev–Trinajstić information content (AvgIpc) is 2.40. The molecule has 0 saturated heterocycles. The third-order valence-corrected chi connectivity index (χ3v) is 4.66. The highest BCUT2D eigenvalue weighted by Crippen LogP contribution is 2.35. The number of alkyl halides is 1. The minimum Gasteiger partial charge on any atom is -0.494 e. The van der Waals surface area contributed by atoms with Crippen LogP contribution in [-0.2, 0) is 0 Å². The summed E-state index contributed by atoms with van der Waals surface area (Å²) in [5.74, 6) is -0.188. The Morgan fingerprint density at radius 3 is 2.63 bits per heavy atom. The molecule has 0 spiro atoms. The predicted molar refractivity (Wildman–Crippen MR) is 87.5 cm³/mol. The Morgan fingerprint density at radius 1 is 1.26 bits per heavy atom. The minimum absolute atomic E-state index is 0.219. The van der Waals surface area contributed by atoms with Crippen molar-refractivity contribution in [2.75, 3.05) is 7.11 Å². The predicted octanol–water partition coefficient (Wildman–Crippen LogP) is 5.53. The van der Waals surface area contributed by atoms with Gasteiger partial charge in [0.1, 0.15) is 0 Å². The van der Waals surface area contributed by atoms with Gasteiger partial charge in [-0.2, -0.15) is 0 Å². The Bertz CT molecular complexity index is 606. The van der Waals surface area contributed by atoms with Crippen LogP contribution < -0.4 is 4.74 Å². The first kappa shape index (κ1) is 15.1. The van der Waals surface area contributed by atoms with Crippen LogP contribution in [0.25, 0.3) is 0 Å². The molecule has 2 aromatic carbocycles. The maximum atomic E-state index is 13.7. The molecular weight excluding hydrogens is 445 g/mol. The van der Waals surface area contributed by atoms with Gasteiger partial charge in [0.15, 0.2) is 11.6 Å². The Labute approximate surface area is 138 Å². The number of hydrogen-bond donors (Lipinski definition) is 0. The molecule has 0 aliphatic heterocycles. The first-order valence-corrected chi connectivity index (χ1v) is 7.76. The zero-order valence-corrected chi connectivity index (χ0v) is 14.5. The van der Waals surface area contributed by atoms with E-state index in [9.17, 15) is 4.39 Å². The molecule has 19 heavy (non-hydrogen) atoms. The second kappa shape index (κ2) is 6.41.